The van der Waals surface area contributed by atoms with Crippen LogP contribution in [0, 0.1) is 5.92 Å². The first-order valence-electron chi connectivity index (χ1n) is 5.80. The van der Waals surface area contributed by atoms with Crippen molar-refractivity contribution in [2.45, 2.75) is 18.9 Å². The van der Waals surface area contributed by atoms with Gasteiger partial charge in [-0.1, -0.05) is 6.07 Å². The second-order valence-corrected chi connectivity index (χ2v) is 4.45. The van der Waals surface area contributed by atoms with Crippen LogP contribution in [-0.4, -0.2) is 25.3 Å². The first-order valence-corrected chi connectivity index (χ1v) is 5.80. The van der Waals surface area contributed by atoms with Crippen LogP contribution in [0.25, 0.3) is 0 Å². The lowest BCUT2D eigenvalue weighted by Crippen LogP contribution is -2.29. The largest absolute Gasteiger partial charge is 0.493 e. The molecule has 0 bridgehead atoms. The number of benzene rings is 1. The highest BCUT2D eigenvalue weighted by Gasteiger charge is 2.32. The Kier molecular flexibility index (Phi) is 3.43. The zero-order chi connectivity index (χ0) is 13.3. The molecule has 1 aromatic rings. The van der Waals surface area contributed by atoms with Crippen LogP contribution in [0.5, 0.6) is 11.5 Å². The van der Waals surface area contributed by atoms with Gasteiger partial charge in [0.2, 0.25) is 0 Å². The van der Waals surface area contributed by atoms with Crippen molar-refractivity contribution in [1.29, 1.82) is 0 Å². The van der Waals surface area contributed by atoms with Crippen molar-refractivity contribution in [2.24, 2.45) is 11.7 Å². The average molecular weight is 251 g/mol. The van der Waals surface area contributed by atoms with E-state index in [4.69, 9.17) is 20.3 Å². The molecule has 2 rings (SSSR count). The summed E-state index contributed by atoms with van der Waals surface area (Å²) >= 11 is 0. The zero-order valence-electron chi connectivity index (χ0n) is 10.5. The molecule has 1 aromatic carbocycles. The lowest BCUT2D eigenvalue weighted by molar-refractivity contribution is -0.142. The predicted octanol–water partition coefficient (Wildman–Crippen LogP) is 1.35. The molecule has 18 heavy (non-hydrogen) atoms. The Bertz CT molecular complexity index is 472. The Morgan fingerprint density at radius 1 is 1.39 bits per heavy atom. The van der Waals surface area contributed by atoms with E-state index in [0.717, 1.165) is 11.1 Å². The molecule has 0 fully saturated rings. The van der Waals surface area contributed by atoms with Crippen molar-refractivity contribution in [3.8, 4) is 11.5 Å². The number of rotatable bonds is 3. The van der Waals surface area contributed by atoms with E-state index in [1.54, 1.807) is 20.3 Å². The summed E-state index contributed by atoms with van der Waals surface area (Å²) < 4.78 is 10.6. The van der Waals surface area contributed by atoms with Gasteiger partial charge in [-0.25, -0.2) is 0 Å². The minimum absolute atomic E-state index is 0.269. The van der Waals surface area contributed by atoms with Gasteiger partial charge < -0.3 is 20.3 Å². The fourth-order valence-corrected chi connectivity index (χ4v) is 2.52. The standard InChI is InChI=1S/C13H17NO4/c1-17-11-4-3-8-9(12(11)18-2)5-7(13(15)16)6-10(8)14/h3-4,7,10H,5-6,14H2,1-2H3,(H,15,16). The third-order valence-corrected chi connectivity index (χ3v) is 3.42. The molecular weight excluding hydrogens is 234 g/mol. The van der Waals surface area contributed by atoms with Gasteiger partial charge in [0.05, 0.1) is 20.1 Å². The molecule has 3 N–H and O–H groups in total. The van der Waals surface area contributed by atoms with Gasteiger partial charge >= 0.3 is 5.97 Å². The molecule has 5 heteroatoms. The van der Waals surface area contributed by atoms with Gasteiger partial charge in [0.15, 0.2) is 11.5 Å². The van der Waals surface area contributed by atoms with Gasteiger partial charge in [-0.2, -0.15) is 0 Å². The Labute approximate surface area is 106 Å². The second kappa shape index (κ2) is 4.86. The molecule has 0 saturated heterocycles. The third kappa shape index (κ3) is 2.01. The van der Waals surface area contributed by atoms with E-state index in [9.17, 15) is 4.79 Å². The summed E-state index contributed by atoms with van der Waals surface area (Å²) in [5.74, 6) is -0.0830. The summed E-state index contributed by atoms with van der Waals surface area (Å²) in [6, 6.07) is 3.42. The minimum atomic E-state index is -0.819. The number of fused-ring (bicyclic) bond motifs is 1. The predicted molar refractivity (Wildman–Crippen MR) is 65.9 cm³/mol. The summed E-state index contributed by atoms with van der Waals surface area (Å²) in [4.78, 5) is 11.1. The van der Waals surface area contributed by atoms with Crippen molar-refractivity contribution < 1.29 is 19.4 Å². The van der Waals surface area contributed by atoms with E-state index < -0.39 is 11.9 Å². The highest BCUT2D eigenvalue weighted by atomic mass is 16.5. The first-order chi connectivity index (χ1) is 8.58. The summed E-state index contributed by atoms with van der Waals surface area (Å²) in [5, 5.41) is 9.14. The first kappa shape index (κ1) is 12.7. The summed E-state index contributed by atoms with van der Waals surface area (Å²) in [6.07, 6.45) is 0.885. The Hall–Kier alpha value is -1.75. The topological polar surface area (TPSA) is 81.8 Å². The van der Waals surface area contributed by atoms with Crippen molar-refractivity contribution in [3.63, 3.8) is 0 Å². The molecular formula is C13H17NO4. The van der Waals surface area contributed by atoms with Gasteiger partial charge in [-0.15, -0.1) is 0 Å². The fraction of sp³-hybridized carbons (Fsp3) is 0.462. The van der Waals surface area contributed by atoms with Gasteiger partial charge in [0, 0.05) is 11.6 Å². The quantitative estimate of drug-likeness (QED) is 0.847. The molecule has 0 heterocycles. The second-order valence-electron chi connectivity index (χ2n) is 4.45. The molecule has 0 aromatic heterocycles. The summed E-state index contributed by atoms with van der Waals surface area (Å²) in [6.45, 7) is 0. The number of nitrogens with two attached hydrogens (primary N) is 1. The van der Waals surface area contributed by atoms with Crippen molar-refractivity contribution >= 4 is 5.97 Å². The third-order valence-electron chi connectivity index (χ3n) is 3.42. The Morgan fingerprint density at radius 2 is 2.11 bits per heavy atom. The molecule has 2 unspecified atom stereocenters. The van der Waals surface area contributed by atoms with Crippen LogP contribution in [0.3, 0.4) is 0 Å². The molecule has 0 amide bonds. The monoisotopic (exact) mass is 251 g/mol. The van der Waals surface area contributed by atoms with Crippen molar-refractivity contribution in [1.82, 2.24) is 0 Å². The van der Waals surface area contributed by atoms with Crippen molar-refractivity contribution in [2.75, 3.05) is 14.2 Å². The average Bonchev–Trinajstić information content (AvgIpc) is 2.36. The van der Waals surface area contributed by atoms with Gasteiger partial charge in [0.25, 0.3) is 0 Å². The lowest BCUT2D eigenvalue weighted by atomic mass is 9.80. The highest BCUT2D eigenvalue weighted by molar-refractivity contribution is 5.72. The van der Waals surface area contributed by atoms with E-state index in [0.29, 0.717) is 24.3 Å². The van der Waals surface area contributed by atoms with Crippen LogP contribution >= 0.6 is 0 Å². The maximum atomic E-state index is 11.1. The smallest absolute Gasteiger partial charge is 0.306 e. The number of hydrogen-bond acceptors (Lipinski definition) is 4. The molecule has 1 aliphatic carbocycles. The summed E-state index contributed by atoms with van der Waals surface area (Å²) in [7, 11) is 3.11. The molecule has 0 aliphatic heterocycles. The normalized spacial score (nSPS) is 22.2. The fourth-order valence-electron chi connectivity index (χ4n) is 2.52. The van der Waals surface area contributed by atoms with E-state index >= 15 is 0 Å². The van der Waals surface area contributed by atoms with Crippen molar-refractivity contribution in [3.05, 3.63) is 23.3 Å². The molecule has 1 aliphatic rings. The van der Waals surface area contributed by atoms with E-state index in [2.05, 4.69) is 0 Å². The number of ether oxygens (including phenoxy) is 2. The van der Waals surface area contributed by atoms with Crippen LogP contribution in [0.1, 0.15) is 23.6 Å². The Balaban J connectivity index is 2.50. The molecule has 0 radical (unpaired) electrons. The molecule has 5 nitrogen and oxygen atoms in total. The number of carbonyl (C=O) groups is 1. The number of methoxy groups -OCH3 is 2. The van der Waals surface area contributed by atoms with E-state index in [1.165, 1.54) is 0 Å². The van der Waals surface area contributed by atoms with Crippen LogP contribution in [0.4, 0.5) is 0 Å². The van der Waals surface area contributed by atoms with Crippen LogP contribution in [0.2, 0.25) is 0 Å². The van der Waals surface area contributed by atoms with Gasteiger partial charge in [0.1, 0.15) is 0 Å². The maximum Gasteiger partial charge on any atom is 0.306 e. The number of carboxylic acids is 1. The zero-order valence-corrected chi connectivity index (χ0v) is 10.5. The number of carboxylic acid groups (broad SMARTS) is 1. The Morgan fingerprint density at radius 3 is 2.67 bits per heavy atom. The minimum Gasteiger partial charge on any atom is -0.493 e. The van der Waals surface area contributed by atoms with Gasteiger partial charge in [-0.05, 0) is 24.5 Å². The molecule has 2 atom stereocenters. The molecule has 98 valence electrons. The highest BCUT2D eigenvalue weighted by Crippen LogP contribution is 2.41. The van der Waals surface area contributed by atoms with Crippen LogP contribution < -0.4 is 15.2 Å². The van der Waals surface area contributed by atoms with Gasteiger partial charge in [-0.3, -0.25) is 4.79 Å². The summed E-state index contributed by atoms with van der Waals surface area (Å²) in [5.41, 5.74) is 7.83. The molecule has 0 spiro atoms. The number of aliphatic carboxylic acids is 1. The molecule has 0 saturated carbocycles. The van der Waals surface area contributed by atoms with Crippen LogP contribution in [-0.2, 0) is 11.2 Å². The van der Waals surface area contributed by atoms with Crippen LogP contribution in [0.15, 0.2) is 12.1 Å². The van der Waals surface area contributed by atoms with E-state index in [-0.39, 0.29) is 6.04 Å². The lowest BCUT2D eigenvalue weighted by Gasteiger charge is -2.29. The number of hydrogen-bond donors (Lipinski definition) is 2. The van der Waals surface area contributed by atoms with E-state index in [1.807, 2.05) is 6.07 Å². The SMILES string of the molecule is COc1ccc2c(c1OC)CC(C(=O)O)CC2N. The maximum absolute atomic E-state index is 11.1.